The minimum absolute atomic E-state index is 0.147. The number of piperazine rings is 1. The molecule has 0 spiro atoms. The number of aryl methyl sites for hydroxylation is 1. The standard InChI is InChI=1S/C14H15ClN4O3S2/c1-10-13(23-17-16-10)14(20)18-6-8-19(9-7-18)24(21,22)12-4-2-11(15)3-5-12/h2-5H,6-9H2,1H3. The average Bonchev–Trinajstić information content (AvgIpc) is 3.01. The Bertz CT molecular complexity index is 843. The molecular formula is C14H15ClN4O3S2. The molecule has 10 heteroatoms. The summed E-state index contributed by atoms with van der Waals surface area (Å²) >= 11 is 6.86. The smallest absolute Gasteiger partial charge is 0.267 e. The van der Waals surface area contributed by atoms with Gasteiger partial charge in [0.25, 0.3) is 5.91 Å². The topological polar surface area (TPSA) is 83.5 Å². The van der Waals surface area contributed by atoms with Gasteiger partial charge in [0.2, 0.25) is 10.0 Å². The number of hydrogen-bond acceptors (Lipinski definition) is 6. The normalized spacial score (nSPS) is 16.3. The first-order chi connectivity index (χ1) is 11.4. The quantitative estimate of drug-likeness (QED) is 0.800. The second-order valence-corrected chi connectivity index (χ2v) is 8.47. The lowest BCUT2D eigenvalue weighted by Gasteiger charge is -2.33. The zero-order valence-corrected chi connectivity index (χ0v) is 15.2. The van der Waals surface area contributed by atoms with Gasteiger partial charge in [0.15, 0.2) is 0 Å². The van der Waals surface area contributed by atoms with Gasteiger partial charge in [-0.15, -0.1) is 5.10 Å². The molecule has 1 saturated heterocycles. The Morgan fingerprint density at radius 1 is 1.17 bits per heavy atom. The summed E-state index contributed by atoms with van der Waals surface area (Å²) < 4.78 is 30.4. The van der Waals surface area contributed by atoms with Crippen molar-refractivity contribution in [3.8, 4) is 0 Å². The van der Waals surface area contributed by atoms with Gasteiger partial charge < -0.3 is 4.90 Å². The molecule has 1 fully saturated rings. The number of nitrogens with zero attached hydrogens (tertiary/aromatic N) is 4. The van der Waals surface area contributed by atoms with Gasteiger partial charge in [-0.3, -0.25) is 4.79 Å². The van der Waals surface area contributed by atoms with Gasteiger partial charge in [0.1, 0.15) is 4.88 Å². The van der Waals surface area contributed by atoms with Gasteiger partial charge in [-0.05, 0) is 42.7 Å². The third kappa shape index (κ3) is 3.30. The number of halogens is 1. The highest BCUT2D eigenvalue weighted by atomic mass is 35.5. The molecule has 0 N–H and O–H groups in total. The lowest BCUT2D eigenvalue weighted by atomic mass is 10.3. The van der Waals surface area contributed by atoms with Gasteiger partial charge in [-0.2, -0.15) is 4.31 Å². The van der Waals surface area contributed by atoms with E-state index in [1.165, 1.54) is 16.4 Å². The summed E-state index contributed by atoms with van der Waals surface area (Å²) in [5, 5.41) is 4.32. The molecule has 0 atom stereocenters. The Balaban J connectivity index is 1.69. The van der Waals surface area contributed by atoms with Gasteiger partial charge in [0, 0.05) is 31.2 Å². The number of hydrogen-bond donors (Lipinski definition) is 0. The van der Waals surface area contributed by atoms with Crippen LogP contribution in [-0.4, -0.2) is 59.3 Å². The molecule has 1 aromatic heterocycles. The van der Waals surface area contributed by atoms with Crippen LogP contribution in [0, 0.1) is 6.92 Å². The predicted octanol–water partition coefficient (Wildman–Crippen LogP) is 1.65. The van der Waals surface area contributed by atoms with Crippen LogP contribution in [0.1, 0.15) is 15.4 Å². The van der Waals surface area contributed by atoms with Crippen molar-refractivity contribution >= 4 is 39.1 Å². The summed E-state index contributed by atoms with van der Waals surface area (Å²) in [6.45, 7) is 2.91. The van der Waals surface area contributed by atoms with Crippen LogP contribution < -0.4 is 0 Å². The molecule has 3 rings (SSSR count). The van der Waals surface area contributed by atoms with E-state index in [2.05, 4.69) is 9.59 Å². The molecule has 0 saturated carbocycles. The molecule has 0 bridgehead atoms. The summed E-state index contributed by atoms with van der Waals surface area (Å²) in [6.07, 6.45) is 0. The largest absolute Gasteiger partial charge is 0.335 e. The fourth-order valence-corrected chi connectivity index (χ4v) is 4.63. The SMILES string of the molecule is Cc1nnsc1C(=O)N1CCN(S(=O)(=O)c2ccc(Cl)cc2)CC1. The van der Waals surface area contributed by atoms with Gasteiger partial charge in [-0.1, -0.05) is 16.1 Å². The molecule has 1 aliphatic rings. The van der Waals surface area contributed by atoms with E-state index in [1.54, 1.807) is 24.0 Å². The maximum Gasteiger partial charge on any atom is 0.267 e. The van der Waals surface area contributed by atoms with Gasteiger partial charge >= 0.3 is 0 Å². The molecule has 128 valence electrons. The number of carbonyl (C=O) groups is 1. The van der Waals surface area contributed by atoms with Crippen molar-refractivity contribution in [1.82, 2.24) is 18.8 Å². The molecular weight excluding hydrogens is 372 g/mol. The first-order valence-corrected chi connectivity index (χ1v) is 9.82. The van der Waals surface area contributed by atoms with E-state index in [0.717, 1.165) is 11.5 Å². The third-order valence-electron chi connectivity index (χ3n) is 3.82. The van der Waals surface area contributed by atoms with E-state index >= 15 is 0 Å². The van der Waals surface area contributed by atoms with Crippen LogP contribution in [-0.2, 0) is 10.0 Å². The predicted molar refractivity (Wildman–Crippen MR) is 90.8 cm³/mol. The highest BCUT2D eigenvalue weighted by molar-refractivity contribution is 7.89. The monoisotopic (exact) mass is 386 g/mol. The number of amides is 1. The number of rotatable bonds is 3. The minimum atomic E-state index is -3.58. The van der Waals surface area contributed by atoms with Crippen molar-refractivity contribution in [3.05, 3.63) is 39.9 Å². The zero-order chi connectivity index (χ0) is 17.3. The van der Waals surface area contributed by atoms with E-state index in [9.17, 15) is 13.2 Å². The maximum atomic E-state index is 12.6. The Hall–Kier alpha value is -1.55. The van der Waals surface area contributed by atoms with Crippen LogP contribution in [0.3, 0.4) is 0 Å². The number of carbonyl (C=O) groups excluding carboxylic acids is 1. The van der Waals surface area contributed by atoms with Crippen LogP contribution >= 0.6 is 23.1 Å². The third-order valence-corrected chi connectivity index (χ3v) is 6.80. The second kappa shape index (κ2) is 6.75. The summed E-state index contributed by atoms with van der Waals surface area (Å²) in [6, 6.07) is 6.07. The first kappa shape index (κ1) is 17.3. The zero-order valence-electron chi connectivity index (χ0n) is 12.8. The number of sulfonamides is 1. The molecule has 7 nitrogen and oxygen atoms in total. The Morgan fingerprint density at radius 2 is 1.79 bits per heavy atom. The molecule has 1 amide bonds. The molecule has 2 aromatic rings. The van der Waals surface area contributed by atoms with Crippen molar-refractivity contribution in [2.75, 3.05) is 26.2 Å². The minimum Gasteiger partial charge on any atom is -0.335 e. The van der Waals surface area contributed by atoms with E-state index < -0.39 is 10.0 Å². The van der Waals surface area contributed by atoms with Crippen LogP contribution in [0.5, 0.6) is 0 Å². The second-order valence-electron chi connectivity index (χ2n) is 5.34. The van der Waals surface area contributed by atoms with Gasteiger partial charge in [-0.25, -0.2) is 8.42 Å². The first-order valence-electron chi connectivity index (χ1n) is 7.23. The fourth-order valence-electron chi connectivity index (χ4n) is 2.46. The fraction of sp³-hybridized carbons (Fsp3) is 0.357. The average molecular weight is 387 g/mol. The van der Waals surface area contributed by atoms with Crippen LogP contribution in [0.15, 0.2) is 29.2 Å². The van der Waals surface area contributed by atoms with Crippen molar-refractivity contribution in [2.24, 2.45) is 0 Å². The highest BCUT2D eigenvalue weighted by Crippen LogP contribution is 2.21. The maximum absolute atomic E-state index is 12.6. The van der Waals surface area contributed by atoms with Crippen LogP contribution in [0.2, 0.25) is 5.02 Å². The van der Waals surface area contributed by atoms with Gasteiger partial charge in [0.05, 0.1) is 10.6 Å². The highest BCUT2D eigenvalue weighted by Gasteiger charge is 2.31. The molecule has 0 aliphatic carbocycles. The number of benzene rings is 1. The number of aromatic nitrogens is 2. The van der Waals surface area contributed by atoms with Crippen molar-refractivity contribution in [3.63, 3.8) is 0 Å². The summed E-state index contributed by atoms with van der Waals surface area (Å²) in [4.78, 5) is 14.8. The molecule has 24 heavy (non-hydrogen) atoms. The van der Waals surface area contributed by atoms with E-state index in [1.807, 2.05) is 0 Å². The molecule has 0 radical (unpaired) electrons. The molecule has 1 aromatic carbocycles. The van der Waals surface area contributed by atoms with E-state index in [4.69, 9.17) is 11.6 Å². The van der Waals surface area contributed by atoms with Crippen molar-refractivity contribution in [1.29, 1.82) is 0 Å². The Morgan fingerprint density at radius 3 is 2.33 bits per heavy atom. The van der Waals surface area contributed by atoms with Crippen molar-refractivity contribution in [2.45, 2.75) is 11.8 Å². The Kier molecular flexibility index (Phi) is 4.86. The van der Waals surface area contributed by atoms with Crippen LogP contribution in [0.25, 0.3) is 0 Å². The molecule has 2 heterocycles. The molecule has 1 aliphatic heterocycles. The van der Waals surface area contributed by atoms with E-state index in [-0.39, 0.29) is 23.9 Å². The summed E-state index contributed by atoms with van der Waals surface area (Å²) in [5.41, 5.74) is 0.598. The Labute approximate surface area is 149 Å². The summed E-state index contributed by atoms with van der Waals surface area (Å²) in [5.74, 6) is -0.147. The lowest BCUT2D eigenvalue weighted by Crippen LogP contribution is -2.50. The summed E-state index contributed by atoms with van der Waals surface area (Å²) in [7, 11) is -3.58. The van der Waals surface area contributed by atoms with E-state index in [0.29, 0.717) is 28.7 Å². The van der Waals surface area contributed by atoms with Crippen LogP contribution in [0.4, 0.5) is 0 Å². The molecule has 0 unspecified atom stereocenters. The van der Waals surface area contributed by atoms with Crippen molar-refractivity contribution < 1.29 is 13.2 Å². The lowest BCUT2D eigenvalue weighted by molar-refractivity contribution is 0.0702.